The third-order valence-corrected chi connectivity index (χ3v) is 3.88. The first-order valence-electron chi connectivity index (χ1n) is 6.43. The van der Waals surface area contributed by atoms with Gasteiger partial charge in [0.15, 0.2) is 0 Å². The van der Waals surface area contributed by atoms with E-state index in [1.54, 1.807) is 6.20 Å². The molecule has 0 radical (unpaired) electrons. The number of aromatic nitrogens is 1. The Morgan fingerprint density at radius 1 is 1.10 bits per heavy atom. The van der Waals surface area contributed by atoms with E-state index in [1.807, 2.05) is 48.5 Å². The second-order valence-electron chi connectivity index (χ2n) is 4.68. The zero-order valence-corrected chi connectivity index (χ0v) is 12.2. The molecule has 0 bridgehead atoms. The first-order valence-corrected chi connectivity index (χ1v) is 8.49. The van der Waals surface area contributed by atoms with Gasteiger partial charge in [-0.25, -0.2) is 8.42 Å². The van der Waals surface area contributed by atoms with Crippen molar-refractivity contribution in [2.75, 3.05) is 18.6 Å². The van der Waals surface area contributed by atoms with Crippen LogP contribution in [-0.2, 0) is 9.84 Å². The molecule has 0 saturated heterocycles. The summed E-state index contributed by atoms with van der Waals surface area (Å²) in [5, 5.41) is 3.27. The van der Waals surface area contributed by atoms with Crippen molar-refractivity contribution in [1.82, 2.24) is 10.3 Å². The van der Waals surface area contributed by atoms with Gasteiger partial charge in [-0.15, -0.1) is 0 Å². The number of pyridine rings is 1. The van der Waals surface area contributed by atoms with E-state index < -0.39 is 9.84 Å². The summed E-state index contributed by atoms with van der Waals surface area (Å²) in [6.07, 6.45) is 2.98. The van der Waals surface area contributed by atoms with Gasteiger partial charge in [0.1, 0.15) is 9.84 Å². The first-order chi connectivity index (χ1) is 9.56. The predicted octanol–water partition coefficient (Wildman–Crippen LogP) is 1.81. The van der Waals surface area contributed by atoms with Crippen LogP contribution in [0.15, 0.2) is 54.7 Å². The van der Waals surface area contributed by atoms with Crippen molar-refractivity contribution in [2.45, 2.75) is 6.04 Å². The molecule has 1 heterocycles. The molecule has 0 amide bonds. The molecule has 0 aliphatic carbocycles. The minimum absolute atomic E-state index is 0.0980. The van der Waals surface area contributed by atoms with Gasteiger partial charge in [0.05, 0.1) is 17.5 Å². The molecular formula is C15H18N2O2S. The number of rotatable bonds is 6. The number of hydrogen-bond acceptors (Lipinski definition) is 4. The SMILES string of the molecule is CS(=O)(=O)CCNC(c1ccccc1)c1ccccn1. The molecule has 1 aromatic carbocycles. The summed E-state index contributed by atoms with van der Waals surface area (Å²) in [6.45, 7) is 0.398. The zero-order chi connectivity index (χ0) is 14.4. The summed E-state index contributed by atoms with van der Waals surface area (Å²) in [4.78, 5) is 4.36. The Balaban J connectivity index is 2.17. The van der Waals surface area contributed by atoms with Gasteiger partial charge in [0.2, 0.25) is 0 Å². The maximum Gasteiger partial charge on any atom is 0.148 e. The molecule has 0 fully saturated rings. The molecule has 1 unspecified atom stereocenters. The lowest BCUT2D eigenvalue weighted by molar-refractivity contribution is 0.583. The third-order valence-electron chi connectivity index (χ3n) is 2.94. The molecule has 0 spiro atoms. The van der Waals surface area contributed by atoms with Crippen LogP contribution in [-0.4, -0.2) is 32.0 Å². The Morgan fingerprint density at radius 3 is 2.40 bits per heavy atom. The van der Waals surface area contributed by atoms with Crippen LogP contribution in [0, 0.1) is 0 Å². The van der Waals surface area contributed by atoms with Crippen molar-refractivity contribution in [1.29, 1.82) is 0 Å². The third kappa shape index (κ3) is 4.43. The van der Waals surface area contributed by atoms with Gasteiger partial charge in [-0.2, -0.15) is 0 Å². The molecule has 5 heteroatoms. The van der Waals surface area contributed by atoms with Gasteiger partial charge in [0, 0.05) is 19.0 Å². The molecular weight excluding hydrogens is 272 g/mol. The molecule has 20 heavy (non-hydrogen) atoms. The Kier molecular flexibility index (Phi) is 4.87. The highest BCUT2D eigenvalue weighted by molar-refractivity contribution is 7.90. The maximum absolute atomic E-state index is 11.2. The molecule has 2 rings (SSSR count). The van der Waals surface area contributed by atoms with Crippen molar-refractivity contribution < 1.29 is 8.42 Å². The number of nitrogens with one attached hydrogen (secondary N) is 1. The normalized spacial score (nSPS) is 13.1. The summed E-state index contributed by atoms with van der Waals surface area (Å²) in [5.41, 5.74) is 1.95. The second kappa shape index (κ2) is 6.63. The van der Waals surface area contributed by atoms with Crippen molar-refractivity contribution in [3.05, 3.63) is 66.0 Å². The van der Waals surface area contributed by atoms with E-state index in [-0.39, 0.29) is 11.8 Å². The van der Waals surface area contributed by atoms with E-state index in [1.165, 1.54) is 6.26 Å². The standard InChI is InChI=1S/C15H18N2O2S/c1-20(18,19)12-11-17-15(13-7-3-2-4-8-13)14-9-5-6-10-16-14/h2-10,15,17H,11-12H2,1H3. The van der Waals surface area contributed by atoms with Crippen LogP contribution < -0.4 is 5.32 Å². The second-order valence-corrected chi connectivity index (χ2v) is 6.94. The van der Waals surface area contributed by atoms with Gasteiger partial charge < -0.3 is 5.32 Å². The van der Waals surface area contributed by atoms with E-state index in [0.717, 1.165) is 11.3 Å². The smallest absolute Gasteiger partial charge is 0.148 e. The molecule has 4 nitrogen and oxygen atoms in total. The molecule has 2 aromatic rings. The van der Waals surface area contributed by atoms with Gasteiger partial charge in [-0.05, 0) is 17.7 Å². The Hall–Kier alpha value is -1.72. The lowest BCUT2D eigenvalue weighted by Crippen LogP contribution is -2.28. The van der Waals surface area contributed by atoms with Crippen molar-refractivity contribution in [3.8, 4) is 0 Å². The summed E-state index contributed by atoms with van der Waals surface area (Å²) in [7, 11) is -2.97. The van der Waals surface area contributed by atoms with Crippen LogP contribution in [0.3, 0.4) is 0 Å². The van der Waals surface area contributed by atoms with Gasteiger partial charge in [0.25, 0.3) is 0 Å². The quantitative estimate of drug-likeness (QED) is 0.881. The molecule has 0 aliphatic rings. The molecule has 1 N–H and O–H groups in total. The van der Waals surface area contributed by atoms with Crippen molar-refractivity contribution >= 4 is 9.84 Å². The highest BCUT2D eigenvalue weighted by Gasteiger charge is 2.15. The Bertz CT molecular complexity index is 588. The highest BCUT2D eigenvalue weighted by atomic mass is 32.2. The molecule has 0 saturated carbocycles. The van der Waals surface area contributed by atoms with Crippen LogP contribution >= 0.6 is 0 Å². The maximum atomic E-state index is 11.2. The van der Waals surface area contributed by atoms with Gasteiger partial charge in [-0.1, -0.05) is 36.4 Å². The minimum Gasteiger partial charge on any atom is -0.304 e. The molecule has 1 atom stereocenters. The Morgan fingerprint density at radius 2 is 1.80 bits per heavy atom. The zero-order valence-electron chi connectivity index (χ0n) is 11.4. The van der Waals surface area contributed by atoms with Crippen LogP contribution in [0.2, 0.25) is 0 Å². The lowest BCUT2D eigenvalue weighted by atomic mass is 10.0. The summed E-state index contributed by atoms with van der Waals surface area (Å²) in [6, 6.07) is 15.5. The average molecular weight is 290 g/mol. The van der Waals surface area contributed by atoms with Crippen LogP contribution in [0.1, 0.15) is 17.3 Å². The van der Waals surface area contributed by atoms with Crippen molar-refractivity contribution in [2.24, 2.45) is 0 Å². The number of benzene rings is 1. The van der Waals surface area contributed by atoms with E-state index in [2.05, 4.69) is 10.3 Å². The average Bonchev–Trinajstić information content (AvgIpc) is 2.44. The fourth-order valence-electron chi connectivity index (χ4n) is 1.97. The van der Waals surface area contributed by atoms with Crippen LogP contribution in [0.5, 0.6) is 0 Å². The number of sulfone groups is 1. The van der Waals surface area contributed by atoms with Crippen LogP contribution in [0.4, 0.5) is 0 Å². The molecule has 0 aliphatic heterocycles. The van der Waals surface area contributed by atoms with E-state index >= 15 is 0 Å². The minimum atomic E-state index is -2.97. The fourth-order valence-corrected chi connectivity index (χ4v) is 2.46. The largest absolute Gasteiger partial charge is 0.304 e. The van der Waals surface area contributed by atoms with Gasteiger partial charge >= 0.3 is 0 Å². The highest BCUT2D eigenvalue weighted by Crippen LogP contribution is 2.19. The van der Waals surface area contributed by atoms with Gasteiger partial charge in [-0.3, -0.25) is 4.98 Å². The summed E-state index contributed by atoms with van der Waals surface area (Å²) in [5.74, 6) is 0.114. The van der Waals surface area contributed by atoms with E-state index in [0.29, 0.717) is 6.54 Å². The predicted molar refractivity (Wildman–Crippen MR) is 80.2 cm³/mol. The summed E-state index contributed by atoms with van der Waals surface area (Å²) >= 11 is 0. The monoisotopic (exact) mass is 290 g/mol. The van der Waals surface area contributed by atoms with Crippen molar-refractivity contribution in [3.63, 3.8) is 0 Å². The van der Waals surface area contributed by atoms with E-state index in [9.17, 15) is 8.42 Å². The Labute approximate surface area is 119 Å². The molecule has 1 aromatic heterocycles. The first kappa shape index (κ1) is 14.7. The number of hydrogen-bond donors (Lipinski definition) is 1. The van der Waals surface area contributed by atoms with Crippen LogP contribution in [0.25, 0.3) is 0 Å². The topological polar surface area (TPSA) is 59.1 Å². The van der Waals surface area contributed by atoms with E-state index in [4.69, 9.17) is 0 Å². The molecule has 106 valence electrons. The fraction of sp³-hybridized carbons (Fsp3) is 0.267. The number of nitrogens with zero attached hydrogens (tertiary/aromatic N) is 1. The summed E-state index contributed by atoms with van der Waals surface area (Å²) < 4.78 is 22.5. The lowest BCUT2D eigenvalue weighted by Gasteiger charge is -2.18.